The van der Waals surface area contributed by atoms with Crippen molar-refractivity contribution >= 4 is 36.9 Å². The van der Waals surface area contributed by atoms with E-state index in [9.17, 15) is 21.6 Å². The molecule has 0 aliphatic carbocycles. The molecule has 0 atom stereocenters. The number of anilines is 1. The van der Waals surface area contributed by atoms with E-state index in [1.807, 2.05) is 0 Å². The highest BCUT2D eigenvalue weighted by Crippen LogP contribution is 2.35. The van der Waals surface area contributed by atoms with Gasteiger partial charge in [-0.3, -0.25) is 0 Å². The van der Waals surface area contributed by atoms with Crippen molar-refractivity contribution in [3.8, 4) is 17.6 Å². The molecule has 0 saturated heterocycles. The van der Waals surface area contributed by atoms with Crippen molar-refractivity contribution in [3.63, 3.8) is 0 Å². The van der Waals surface area contributed by atoms with Crippen LogP contribution in [0, 0.1) is 11.8 Å². The third-order valence-electron chi connectivity index (χ3n) is 4.25. The van der Waals surface area contributed by atoms with E-state index in [1.54, 1.807) is 30.3 Å². The second kappa shape index (κ2) is 8.58. The third-order valence-corrected chi connectivity index (χ3v) is 6.48. The van der Waals surface area contributed by atoms with Crippen LogP contribution in [-0.4, -0.2) is 34.5 Å². The Balaban J connectivity index is 1.83. The van der Waals surface area contributed by atoms with Crippen LogP contribution < -0.4 is 10.1 Å². The second-order valence-corrected chi connectivity index (χ2v) is 9.56. The molecule has 0 spiro atoms. The molecule has 158 valence electrons. The Bertz CT molecular complexity index is 1240. The van der Waals surface area contributed by atoms with Crippen molar-refractivity contribution < 1.29 is 26.3 Å². The molecule has 1 N–H and O–H groups in total. The molecule has 30 heavy (non-hydrogen) atoms. The summed E-state index contributed by atoms with van der Waals surface area (Å²) in [5.74, 6) is 6.01. The largest absolute Gasteiger partial charge is 0.495 e. The van der Waals surface area contributed by atoms with Crippen LogP contribution in [0.25, 0.3) is 10.1 Å². The van der Waals surface area contributed by atoms with Crippen LogP contribution in [0.1, 0.15) is 10.4 Å². The minimum atomic E-state index is -4.33. The third kappa shape index (κ3) is 5.26. The summed E-state index contributed by atoms with van der Waals surface area (Å²) in [6, 6.07) is 11.3. The molecule has 0 radical (unpaired) electrons. The summed E-state index contributed by atoms with van der Waals surface area (Å²) in [4.78, 5) is 0.507. The molecule has 3 rings (SSSR count). The summed E-state index contributed by atoms with van der Waals surface area (Å²) in [5.41, 5.74) is 0.719. The van der Waals surface area contributed by atoms with Crippen LogP contribution in [0.4, 0.5) is 18.9 Å². The molecule has 1 aromatic heterocycles. The first-order chi connectivity index (χ1) is 14.1. The number of methoxy groups -OCH3 is 1. The number of benzene rings is 2. The summed E-state index contributed by atoms with van der Waals surface area (Å²) in [6.07, 6.45) is -4.26. The van der Waals surface area contributed by atoms with Crippen LogP contribution in [0.5, 0.6) is 5.75 Å². The lowest BCUT2D eigenvalue weighted by Gasteiger charge is -2.10. The average molecular weight is 454 g/mol. The highest BCUT2D eigenvalue weighted by Gasteiger charge is 2.30. The molecule has 2 aromatic carbocycles. The maximum atomic E-state index is 13.0. The first-order valence-electron chi connectivity index (χ1n) is 8.76. The zero-order valence-electron chi connectivity index (χ0n) is 16.1. The Hall–Kier alpha value is -2.70. The Morgan fingerprint density at radius 3 is 2.57 bits per heavy atom. The average Bonchev–Trinajstić information content (AvgIpc) is 3.00. The number of ether oxygens (including phenoxy) is 1. The van der Waals surface area contributed by atoms with E-state index in [0.29, 0.717) is 21.7 Å². The van der Waals surface area contributed by atoms with E-state index in [2.05, 4.69) is 17.2 Å². The molecule has 0 fully saturated rings. The number of thiophene rings is 1. The predicted molar refractivity (Wildman–Crippen MR) is 113 cm³/mol. The van der Waals surface area contributed by atoms with Gasteiger partial charge in [0.2, 0.25) is 0 Å². The number of rotatable bonds is 5. The Labute approximate surface area is 176 Å². The lowest BCUT2D eigenvalue weighted by Crippen LogP contribution is -2.12. The van der Waals surface area contributed by atoms with E-state index >= 15 is 0 Å². The van der Waals surface area contributed by atoms with Crippen LogP contribution in [-0.2, 0) is 16.3 Å². The van der Waals surface area contributed by atoms with E-state index in [0.717, 1.165) is 11.0 Å². The van der Waals surface area contributed by atoms with Gasteiger partial charge in [-0.05, 0) is 29.1 Å². The molecule has 0 saturated carbocycles. The van der Waals surface area contributed by atoms with Crippen molar-refractivity contribution in [3.05, 3.63) is 52.9 Å². The lowest BCUT2D eigenvalue weighted by atomic mass is 10.1. The van der Waals surface area contributed by atoms with E-state index in [4.69, 9.17) is 4.74 Å². The minimum Gasteiger partial charge on any atom is -0.495 e. The summed E-state index contributed by atoms with van der Waals surface area (Å²) < 4.78 is 68.4. The molecule has 3 aromatic rings. The van der Waals surface area contributed by atoms with Gasteiger partial charge in [0.1, 0.15) is 5.75 Å². The van der Waals surface area contributed by atoms with Gasteiger partial charge < -0.3 is 10.1 Å². The summed E-state index contributed by atoms with van der Waals surface area (Å²) in [7, 11) is -1.96. The lowest BCUT2D eigenvalue weighted by molar-refractivity contribution is -0.126. The van der Waals surface area contributed by atoms with E-state index in [-0.39, 0.29) is 17.0 Å². The quantitative estimate of drug-likeness (QED) is 0.560. The molecule has 1 heterocycles. The molecule has 0 aliphatic heterocycles. The van der Waals surface area contributed by atoms with Gasteiger partial charge in [0, 0.05) is 17.0 Å². The zero-order chi connectivity index (χ0) is 21.9. The Morgan fingerprint density at radius 1 is 1.17 bits per heavy atom. The first kappa shape index (κ1) is 22.0. The Kier molecular flexibility index (Phi) is 6.29. The molecule has 0 aliphatic rings. The Morgan fingerprint density at radius 2 is 1.90 bits per heavy atom. The molecule has 0 amide bonds. The van der Waals surface area contributed by atoms with Gasteiger partial charge in [0.05, 0.1) is 35.5 Å². The second-order valence-electron chi connectivity index (χ2n) is 6.49. The monoisotopic (exact) mass is 453 g/mol. The summed E-state index contributed by atoms with van der Waals surface area (Å²) in [5, 5.41) is 3.57. The first-order valence-corrected chi connectivity index (χ1v) is 11.5. The number of hydrogen-bond acceptors (Lipinski definition) is 5. The van der Waals surface area contributed by atoms with Crippen LogP contribution in [0.3, 0.4) is 0 Å². The van der Waals surface area contributed by atoms with Gasteiger partial charge >= 0.3 is 6.18 Å². The standard InChI is InChI=1S/C21H18F3NO3S2/c1-28-18-12-14(30(2,26)27)9-10-17(18)25-11-5-8-20-16(13-21(22,23)24)15-6-3-4-7-19(15)29-20/h3-4,6-7,9-10,12,25H,11,13H2,1-2H3. The minimum absolute atomic E-state index is 0.123. The van der Waals surface area contributed by atoms with E-state index in [1.165, 1.54) is 30.6 Å². The fourth-order valence-corrected chi connectivity index (χ4v) is 4.62. The van der Waals surface area contributed by atoms with Crippen molar-refractivity contribution in [2.75, 3.05) is 25.2 Å². The fourth-order valence-electron chi connectivity index (χ4n) is 2.89. The van der Waals surface area contributed by atoms with Crippen molar-refractivity contribution in [1.29, 1.82) is 0 Å². The fraction of sp³-hybridized carbons (Fsp3) is 0.238. The van der Waals surface area contributed by atoms with E-state index < -0.39 is 22.4 Å². The maximum Gasteiger partial charge on any atom is 0.393 e. The van der Waals surface area contributed by atoms with Gasteiger partial charge in [-0.1, -0.05) is 30.0 Å². The van der Waals surface area contributed by atoms with Crippen molar-refractivity contribution in [2.45, 2.75) is 17.5 Å². The summed E-state index contributed by atoms with van der Waals surface area (Å²) in [6.45, 7) is 0.147. The van der Waals surface area contributed by atoms with Crippen molar-refractivity contribution in [1.82, 2.24) is 0 Å². The normalized spacial score (nSPS) is 11.8. The van der Waals surface area contributed by atoms with Gasteiger partial charge in [0.15, 0.2) is 9.84 Å². The number of sulfone groups is 1. The van der Waals surface area contributed by atoms with Gasteiger partial charge in [-0.25, -0.2) is 8.42 Å². The molecule has 0 bridgehead atoms. The number of fused-ring (bicyclic) bond motifs is 1. The number of nitrogens with one attached hydrogen (secondary N) is 1. The van der Waals surface area contributed by atoms with Crippen molar-refractivity contribution in [2.24, 2.45) is 0 Å². The molecule has 0 unspecified atom stereocenters. The molecular formula is C21H18F3NO3S2. The number of alkyl halides is 3. The van der Waals surface area contributed by atoms with Gasteiger partial charge in [-0.2, -0.15) is 13.2 Å². The topological polar surface area (TPSA) is 55.4 Å². The highest BCUT2D eigenvalue weighted by molar-refractivity contribution is 7.90. The predicted octanol–water partition coefficient (Wildman–Crippen LogP) is 4.88. The van der Waals surface area contributed by atoms with Gasteiger partial charge in [0.25, 0.3) is 0 Å². The van der Waals surface area contributed by atoms with Crippen LogP contribution in [0.15, 0.2) is 47.4 Å². The smallest absolute Gasteiger partial charge is 0.393 e. The molecule has 9 heteroatoms. The maximum absolute atomic E-state index is 13.0. The SMILES string of the molecule is COc1cc(S(C)(=O)=O)ccc1NCC#Cc1sc2ccccc2c1CC(F)(F)F. The highest BCUT2D eigenvalue weighted by atomic mass is 32.2. The van der Waals surface area contributed by atoms with Crippen LogP contribution in [0.2, 0.25) is 0 Å². The summed E-state index contributed by atoms with van der Waals surface area (Å²) >= 11 is 1.23. The zero-order valence-corrected chi connectivity index (χ0v) is 17.8. The molecular weight excluding hydrogens is 435 g/mol. The van der Waals surface area contributed by atoms with Crippen LogP contribution >= 0.6 is 11.3 Å². The molecule has 4 nitrogen and oxygen atoms in total. The number of halogens is 3. The van der Waals surface area contributed by atoms with Gasteiger partial charge in [-0.15, -0.1) is 11.3 Å². The number of hydrogen-bond donors (Lipinski definition) is 1.